The van der Waals surface area contributed by atoms with Crippen LogP contribution in [0.3, 0.4) is 0 Å². The molecule has 2 aromatic carbocycles. The van der Waals surface area contributed by atoms with Crippen molar-refractivity contribution in [2.75, 3.05) is 5.32 Å². The van der Waals surface area contributed by atoms with Crippen molar-refractivity contribution in [3.63, 3.8) is 0 Å². The summed E-state index contributed by atoms with van der Waals surface area (Å²) >= 11 is 5.95. The molecule has 5 heteroatoms. The second kappa shape index (κ2) is 5.71. The van der Waals surface area contributed by atoms with Crippen molar-refractivity contribution in [2.45, 2.75) is 6.04 Å². The summed E-state index contributed by atoms with van der Waals surface area (Å²) < 4.78 is 13.7. The van der Waals surface area contributed by atoms with Crippen LogP contribution in [0.4, 0.5) is 10.1 Å². The summed E-state index contributed by atoms with van der Waals surface area (Å²) in [6.45, 7) is 0. The van der Waals surface area contributed by atoms with E-state index in [9.17, 15) is 14.3 Å². The van der Waals surface area contributed by atoms with E-state index in [1.165, 1.54) is 18.2 Å². The minimum atomic E-state index is -1.19. The number of anilines is 1. The first-order valence-electron chi connectivity index (χ1n) is 5.58. The fourth-order valence-corrected chi connectivity index (χ4v) is 1.91. The lowest BCUT2D eigenvalue weighted by Crippen LogP contribution is -2.21. The van der Waals surface area contributed by atoms with E-state index in [1.807, 2.05) is 0 Å². The van der Waals surface area contributed by atoms with E-state index < -0.39 is 17.8 Å². The molecule has 1 unspecified atom stereocenters. The van der Waals surface area contributed by atoms with Crippen LogP contribution in [0.1, 0.15) is 11.6 Å². The molecule has 0 aliphatic carbocycles. The summed E-state index contributed by atoms with van der Waals surface area (Å²) in [5.41, 5.74) is 0.509. The maximum atomic E-state index is 13.7. The van der Waals surface area contributed by atoms with Crippen LogP contribution >= 0.6 is 11.6 Å². The van der Waals surface area contributed by atoms with Crippen LogP contribution < -0.4 is 5.32 Å². The topological polar surface area (TPSA) is 49.3 Å². The molecule has 0 fully saturated rings. The summed E-state index contributed by atoms with van der Waals surface area (Å²) in [4.78, 5) is 11.3. The average Bonchev–Trinajstić information content (AvgIpc) is 2.38. The lowest BCUT2D eigenvalue weighted by molar-refractivity contribution is -0.138. The van der Waals surface area contributed by atoms with E-state index >= 15 is 0 Å². The molecule has 19 heavy (non-hydrogen) atoms. The highest BCUT2D eigenvalue weighted by Gasteiger charge is 2.23. The van der Waals surface area contributed by atoms with Gasteiger partial charge in [-0.3, -0.25) is 0 Å². The third kappa shape index (κ3) is 3.03. The van der Waals surface area contributed by atoms with Crippen molar-refractivity contribution in [1.29, 1.82) is 0 Å². The molecule has 0 saturated carbocycles. The molecule has 2 rings (SSSR count). The van der Waals surface area contributed by atoms with E-state index in [4.69, 9.17) is 11.6 Å². The summed E-state index contributed by atoms with van der Waals surface area (Å²) in [6.07, 6.45) is 0. The second-order valence-electron chi connectivity index (χ2n) is 3.92. The van der Waals surface area contributed by atoms with Gasteiger partial charge in [-0.05, 0) is 18.2 Å². The Morgan fingerprint density at radius 2 is 1.79 bits per heavy atom. The molecule has 2 N–H and O–H groups in total. The van der Waals surface area contributed by atoms with Crippen LogP contribution in [0.15, 0.2) is 48.5 Å². The maximum absolute atomic E-state index is 13.7. The van der Waals surface area contributed by atoms with E-state index in [2.05, 4.69) is 5.32 Å². The molecule has 2 aromatic rings. The minimum Gasteiger partial charge on any atom is -0.479 e. The number of carboxylic acid groups (broad SMARTS) is 1. The fraction of sp³-hybridized carbons (Fsp3) is 0.0714. The van der Waals surface area contributed by atoms with Gasteiger partial charge in [-0.1, -0.05) is 41.9 Å². The highest BCUT2D eigenvalue weighted by Crippen LogP contribution is 2.27. The number of carboxylic acids is 1. The van der Waals surface area contributed by atoms with E-state index in [0.717, 1.165) is 0 Å². The van der Waals surface area contributed by atoms with Gasteiger partial charge in [-0.25, -0.2) is 9.18 Å². The number of aliphatic carboxylic acids is 1. The molecule has 1 atom stereocenters. The van der Waals surface area contributed by atoms with Gasteiger partial charge in [0.1, 0.15) is 5.82 Å². The van der Waals surface area contributed by atoms with Gasteiger partial charge in [0.05, 0.1) is 10.7 Å². The molecule has 0 spiro atoms. The normalized spacial score (nSPS) is 11.9. The van der Waals surface area contributed by atoms with Crippen molar-refractivity contribution < 1.29 is 14.3 Å². The highest BCUT2D eigenvalue weighted by molar-refractivity contribution is 6.33. The standard InChI is InChI=1S/C14H11ClFNO2/c15-10-6-2-4-8-12(10)17-13(14(18)19)9-5-1-3-7-11(9)16/h1-8,13,17H,(H,18,19). The van der Waals surface area contributed by atoms with Crippen molar-refractivity contribution in [2.24, 2.45) is 0 Å². The molecule has 0 aromatic heterocycles. The van der Waals surface area contributed by atoms with Crippen LogP contribution in [-0.4, -0.2) is 11.1 Å². The zero-order valence-electron chi connectivity index (χ0n) is 9.81. The number of hydrogen-bond donors (Lipinski definition) is 2. The van der Waals surface area contributed by atoms with Crippen LogP contribution in [0.5, 0.6) is 0 Å². The zero-order valence-corrected chi connectivity index (χ0v) is 10.6. The van der Waals surface area contributed by atoms with Gasteiger partial charge in [0.15, 0.2) is 6.04 Å². The Morgan fingerprint density at radius 1 is 1.16 bits per heavy atom. The maximum Gasteiger partial charge on any atom is 0.330 e. The summed E-state index contributed by atoms with van der Waals surface area (Å²) in [7, 11) is 0. The Hall–Kier alpha value is -2.07. The van der Waals surface area contributed by atoms with Gasteiger partial charge in [0, 0.05) is 5.56 Å². The van der Waals surface area contributed by atoms with E-state index in [1.54, 1.807) is 30.3 Å². The molecule has 3 nitrogen and oxygen atoms in total. The first-order chi connectivity index (χ1) is 9.09. The van der Waals surface area contributed by atoms with Gasteiger partial charge < -0.3 is 10.4 Å². The lowest BCUT2D eigenvalue weighted by atomic mass is 10.1. The third-order valence-corrected chi connectivity index (χ3v) is 2.97. The molecular weight excluding hydrogens is 269 g/mol. The predicted octanol–water partition coefficient (Wildman–Crippen LogP) is 3.72. The average molecular weight is 280 g/mol. The SMILES string of the molecule is O=C(O)C(Nc1ccccc1Cl)c1ccccc1F. The third-order valence-electron chi connectivity index (χ3n) is 2.64. The molecule has 0 bridgehead atoms. The van der Waals surface area contributed by atoms with Crippen LogP contribution in [0, 0.1) is 5.82 Å². The Labute approximate surface area is 114 Å². The van der Waals surface area contributed by atoms with Gasteiger partial charge in [0.25, 0.3) is 0 Å². The Morgan fingerprint density at radius 3 is 2.42 bits per heavy atom. The first-order valence-corrected chi connectivity index (χ1v) is 5.95. The highest BCUT2D eigenvalue weighted by atomic mass is 35.5. The fourth-order valence-electron chi connectivity index (χ4n) is 1.72. The van der Waals surface area contributed by atoms with Crippen LogP contribution in [0.25, 0.3) is 0 Å². The zero-order chi connectivity index (χ0) is 13.8. The van der Waals surface area contributed by atoms with Crippen molar-refractivity contribution >= 4 is 23.3 Å². The smallest absolute Gasteiger partial charge is 0.330 e. The summed E-state index contributed by atoms with van der Waals surface area (Å²) in [5, 5.41) is 12.3. The van der Waals surface area contributed by atoms with Crippen LogP contribution in [-0.2, 0) is 4.79 Å². The number of carbonyl (C=O) groups is 1. The number of benzene rings is 2. The molecule has 0 aliphatic heterocycles. The summed E-state index contributed by atoms with van der Waals surface area (Å²) in [5.74, 6) is -1.75. The molecule has 0 radical (unpaired) electrons. The van der Waals surface area contributed by atoms with Crippen LogP contribution in [0.2, 0.25) is 5.02 Å². The quantitative estimate of drug-likeness (QED) is 0.897. The molecular formula is C14H11ClFNO2. The molecule has 0 heterocycles. The van der Waals surface area contributed by atoms with Gasteiger partial charge in [-0.15, -0.1) is 0 Å². The molecule has 0 saturated heterocycles. The predicted molar refractivity (Wildman–Crippen MR) is 71.9 cm³/mol. The van der Waals surface area contributed by atoms with Gasteiger partial charge in [0.2, 0.25) is 0 Å². The summed E-state index contributed by atoms with van der Waals surface area (Å²) in [6, 6.07) is 11.3. The van der Waals surface area contributed by atoms with Crippen molar-refractivity contribution in [3.8, 4) is 0 Å². The monoisotopic (exact) mass is 279 g/mol. The number of hydrogen-bond acceptors (Lipinski definition) is 2. The van der Waals surface area contributed by atoms with E-state index in [-0.39, 0.29) is 5.56 Å². The first kappa shape index (κ1) is 13.4. The minimum absolute atomic E-state index is 0.0647. The largest absolute Gasteiger partial charge is 0.479 e. The second-order valence-corrected chi connectivity index (χ2v) is 4.32. The number of nitrogens with one attached hydrogen (secondary N) is 1. The Balaban J connectivity index is 2.35. The number of rotatable bonds is 4. The van der Waals surface area contributed by atoms with Gasteiger partial charge >= 0.3 is 5.97 Å². The molecule has 0 aliphatic rings. The Kier molecular flexibility index (Phi) is 4.02. The van der Waals surface area contributed by atoms with E-state index in [0.29, 0.717) is 10.7 Å². The lowest BCUT2D eigenvalue weighted by Gasteiger charge is -2.17. The molecule has 0 amide bonds. The van der Waals surface area contributed by atoms with Crippen molar-refractivity contribution in [3.05, 3.63) is 64.9 Å². The van der Waals surface area contributed by atoms with Crippen molar-refractivity contribution in [1.82, 2.24) is 0 Å². The Bertz CT molecular complexity index is 604. The molecule has 98 valence electrons. The number of para-hydroxylation sites is 1. The number of halogens is 2. The van der Waals surface area contributed by atoms with Gasteiger partial charge in [-0.2, -0.15) is 0 Å².